The summed E-state index contributed by atoms with van der Waals surface area (Å²) in [7, 11) is 0. The van der Waals surface area contributed by atoms with Gasteiger partial charge in [-0.3, -0.25) is 0 Å². The quantitative estimate of drug-likeness (QED) is 0.728. The first-order valence-electron chi connectivity index (χ1n) is 7.11. The van der Waals surface area contributed by atoms with Crippen LogP contribution >= 0.6 is 27.5 Å². The molecule has 2 nitrogen and oxygen atoms in total. The average Bonchev–Trinajstić information content (AvgIpc) is 2.95. The van der Waals surface area contributed by atoms with E-state index in [4.69, 9.17) is 16.3 Å². The molecule has 2 atom stereocenters. The van der Waals surface area contributed by atoms with Gasteiger partial charge in [-0.2, -0.15) is 0 Å². The summed E-state index contributed by atoms with van der Waals surface area (Å²) in [5.41, 5.74) is 0.637. The highest BCUT2D eigenvalue weighted by atomic mass is 79.9. The van der Waals surface area contributed by atoms with Crippen LogP contribution in [-0.2, 0) is 4.74 Å². The molecule has 1 fully saturated rings. The molecule has 1 heterocycles. The molecule has 1 aromatic rings. The van der Waals surface area contributed by atoms with Gasteiger partial charge in [0.15, 0.2) is 0 Å². The van der Waals surface area contributed by atoms with E-state index in [0.717, 1.165) is 38.8 Å². The topological polar surface area (TPSA) is 21.3 Å². The Morgan fingerprint density at radius 3 is 3.00 bits per heavy atom. The van der Waals surface area contributed by atoms with E-state index in [1.54, 1.807) is 12.1 Å². The summed E-state index contributed by atoms with van der Waals surface area (Å²) in [6, 6.07) is 3.58. The van der Waals surface area contributed by atoms with Crippen LogP contribution in [0.3, 0.4) is 0 Å². The van der Waals surface area contributed by atoms with Gasteiger partial charge in [0.1, 0.15) is 5.82 Å². The third-order valence-corrected chi connectivity index (χ3v) is 4.95. The van der Waals surface area contributed by atoms with Crippen LogP contribution in [0.25, 0.3) is 0 Å². The van der Waals surface area contributed by atoms with Crippen molar-refractivity contribution in [3.63, 3.8) is 0 Å². The maximum Gasteiger partial charge on any atom is 0.147 e. The number of hydrogen-bond acceptors (Lipinski definition) is 2. The zero-order chi connectivity index (χ0) is 14.5. The van der Waals surface area contributed by atoms with E-state index in [0.29, 0.717) is 16.1 Å². The van der Waals surface area contributed by atoms with Gasteiger partial charge >= 0.3 is 0 Å². The number of halogens is 3. The summed E-state index contributed by atoms with van der Waals surface area (Å²) >= 11 is 9.23. The second-order valence-corrected chi connectivity index (χ2v) is 6.32. The smallest absolute Gasteiger partial charge is 0.147 e. The Morgan fingerprint density at radius 2 is 2.35 bits per heavy atom. The van der Waals surface area contributed by atoms with Crippen molar-refractivity contribution in [2.75, 3.05) is 13.2 Å². The van der Waals surface area contributed by atoms with Crippen molar-refractivity contribution in [1.29, 1.82) is 0 Å². The molecule has 0 aromatic heterocycles. The van der Waals surface area contributed by atoms with Crippen molar-refractivity contribution < 1.29 is 9.13 Å². The van der Waals surface area contributed by atoms with Gasteiger partial charge in [-0.05, 0) is 54.2 Å². The first-order chi connectivity index (χ1) is 9.63. The Morgan fingerprint density at radius 1 is 1.55 bits per heavy atom. The Labute approximate surface area is 133 Å². The van der Waals surface area contributed by atoms with Crippen LogP contribution in [-0.4, -0.2) is 19.3 Å². The van der Waals surface area contributed by atoms with Gasteiger partial charge in [0.2, 0.25) is 0 Å². The third kappa shape index (κ3) is 3.94. The fourth-order valence-corrected chi connectivity index (χ4v) is 3.13. The molecule has 1 aliphatic rings. The van der Waals surface area contributed by atoms with Crippen LogP contribution in [0.1, 0.15) is 44.2 Å². The van der Waals surface area contributed by atoms with Crippen molar-refractivity contribution in [2.45, 2.75) is 44.8 Å². The van der Waals surface area contributed by atoms with E-state index in [2.05, 4.69) is 21.2 Å². The van der Waals surface area contributed by atoms with Gasteiger partial charge in [-0.1, -0.05) is 24.6 Å². The Hall–Kier alpha value is -0.160. The molecule has 2 rings (SSSR count). The number of nitrogens with one attached hydrogen (secondary N) is 1. The second-order valence-electron chi connectivity index (χ2n) is 5.09. The van der Waals surface area contributed by atoms with Crippen LogP contribution in [0.15, 0.2) is 16.6 Å². The molecule has 1 aliphatic heterocycles. The molecule has 0 aliphatic carbocycles. The molecule has 1 aromatic carbocycles. The second kappa shape index (κ2) is 7.74. The molecule has 2 unspecified atom stereocenters. The van der Waals surface area contributed by atoms with Gasteiger partial charge in [-0.25, -0.2) is 4.39 Å². The molecule has 0 bridgehead atoms. The molecule has 0 amide bonds. The van der Waals surface area contributed by atoms with Crippen molar-refractivity contribution in [2.24, 2.45) is 0 Å². The maximum absolute atomic E-state index is 14.3. The van der Waals surface area contributed by atoms with E-state index in [1.807, 2.05) is 6.92 Å². The van der Waals surface area contributed by atoms with Crippen molar-refractivity contribution in [1.82, 2.24) is 5.32 Å². The van der Waals surface area contributed by atoms with E-state index in [9.17, 15) is 4.39 Å². The predicted molar refractivity (Wildman–Crippen MR) is 83.7 cm³/mol. The average molecular weight is 365 g/mol. The molecule has 1 saturated heterocycles. The van der Waals surface area contributed by atoms with Gasteiger partial charge in [-0.15, -0.1) is 0 Å². The van der Waals surface area contributed by atoms with E-state index in [-0.39, 0.29) is 16.9 Å². The van der Waals surface area contributed by atoms with E-state index >= 15 is 0 Å². The fourth-order valence-electron chi connectivity index (χ4n) is 2.65. The third-order valence-electron chi connectivity index (χ3n) is 3.69. The molecule has 5 heteroatoms. The zero-order valence-electron chi connectivity index (χ0n) is 11.6. The normalized spacial score (nSPS) is 20.3. The molecular formula is C15H20BrClFNO. The van der Waals surface area contributed by atoms with Crippen LogP contribution in [0.2, 0.25) is 5.02 Å². The summed E-state index contributed by atoms with van der Waals surface area (Å²) in [6.45, 7) is 3.68. The summed E-state index contributed by atoms with van der Waals surface area (Å²) in [5, 5.41) is 3.50. The number of benzene rings is 1. The summed E-state index contributed by atoms with van der Waals surface area (Å²) in [5.74, 6) is -0.334. The van der Waals surface area contributed by atoms with Crippen LogP contribution in [0.5, 0.6) is 0 Å². The standard InChI is InChI=1S/C15H20BrClFNO/c1-2-19-13(8-5-10-4-3-9-20-10)11-6-7-12(16)14(17)15(11)18/h6-7,10,13,19H,2-5,8-9H2,1H3. The van der Waals surface area contributed by atoms with Gasteiger partial charge < -0.3 is 10.1 Å². The Kier molecular flexibility index (Phi) is 6.27. The highest BCUT2D eigenvalue weighted by Gasteiger charge is 2.21. The lowest BCUT2D eigenvalue weighted by Crippen LogP contribution is -2.23. The lowest BCUT2D eigenvalue weighted by atomic mass is 9.98. The minimum atomic E-state index is -0.334. The van der Waals surface area contributed by atoms with Crippen molar-refractivity contribution in [3.8, 4) is 0 Å². The summed E-state index contributed by atoms with van der Waals surface area (Å²) in [4.78, 5) is 0. The molecule has 0 radical (unpaired) electrons. The number of rotatable bonds is 6. The monoisotopic (exact) mass is 363 g/mol. The lowest BCUT2D eigenvalue weighted by Gasteiger charge is -2.21. The first kappa shape index (κ1) is 16.2. The molecule has 1 N–H and O–H groups in total. The molecule has 0 spiro atoms. The highest BCUT2D eigenvalue weighted by molar-refractivity contribution is 9.10. The minimum Gasteiger partial charge on any atom is -0.378 e. The number of hydrogen-bond donors (Lipinski definition) is 1. The van der Waals surface area contributed by atoms with E-state index < -0.39 is 0 Å². The first-order valence-corrected chi connectivity index (χ1v) is 8.29. The van der Waals surface area contributed by atoms with Gasteiger partial charge in [0.05, 0.1) is 11.1 Å². The van der Waals surface area contributed by atoms with Crippen molar-refractivity contribution in [3.05, 3.63) is 33.0 Å². The molecule has 20 heavy (non-hydrogen) atoms. The summed E-state index contributed by atoms with van der Waals surface area (Å²) in [6.07, 6.45) is 4.38. The minimum absolute atomic E-state index is 0.0187. The number of ether oxygens (including phenoxy) is 1. The zero-order valence-corrected chi connectivity index (χ0v) is 13.9. The van der Waals surface area contributed by atoms with Gasteiger partial charge in [0.25, 0.3) is 0 Å². The maximum atomic E-state index is 14.3. The van der Waals surface area contributed by atoms with Crippen molar-refractivity contribution >= 4 is 27.5 Å². The lowest BCUT2D eigenvalue weighted by molar-refractivity contribution is 0.0995. The molecular weight excluding hydrogens is 345 g/mol. The van der Waals surface area contributed by atoms with E-state index in [1.165, 1.54) is 0 Å². The highest BCUT2D eigenvalue weighted by Crippen LogP contribution is 2.32. The van der Waals surface area contributed by atoms with Crippen LogP contribution in [0.4, 0.5) is 4.39 Å². The van der Waals surface area contributed by atoms with Crippen LogP contribution in [0, 0.1) is 5.82 Å². The SMILES string of the molecule is CCNC(CCC1CCCO1)c1ccc(Br)c(Cl)c1F. The van der Waals surface area contributed by atoms with Gasteiger partial charge in [0, 0.05) is 22.7 Å². The molecule has 112 valence electrons. The van der Waals surface area contributed by atoms with Crippen LogP contribution < -0.4 is 5.32 Å². The molecule has 0 saturated carbocycles. The largest absolute Gasteiger partial charge is 0.378 e. The summed E-state index contributed by atoms with van der Waals surface area (Å²) < 4.78 is 20.5. The Balaban J connectivity index is 2.08. The predicted octanol–water partition coefficient (Wildman–Crippen LogP) is 4.85. The Bertz CT molecular complexity index is 452. The fraction of sp³-hybridized carbons (Fsp3) is 0.600.